The van der Waals surface area contributed by atoms with Gasteiger partial charge in [0.25, 0.3) is 12.2 Å². The van der Waals surface area contributed by atoms with Crippen LogP contribution in [-0.2, 0) is 6.54 Å². The lowest BCUT2D eigenvalue weighted by molar-refractivity contribution is 0.143. The fourth-order valence-corrected chi connectivity index (χ4v) is 4.21. The quantitative estimate of drug-likeness (QED) is 0.612. The average molecular weight is 407 g/mol. The number of aromatic nitrogens is 5. The molecule has 3 aromatic rings. The molecule has 148 valence electrons. The first-order chi connectivity index (χ1) is 13.4. The summed E-state index contributed by atoms with van der Waals surface area (Å²) in [7, 11) is 0. The Bertz CT molecular complexity index is 971. The Hall–Kier alpha value is -2.19. The number of halogens is 3. The van der Waals surface area contributed by atoms with Gasteiger partial charge in [-0.1, -0.05) is 18.5 Å². The van der Waals surface area contributed by atoms with E-state index in [1.165, 1.54) is 12.4 Å². The van der Waals surface area contributed by atoms with Crippen molar-refractivity contribution in [3.8, 4) is 0 Å². The molecule has 0 unspecified atom stereocenters. The molecule has 0 aliphatic carbocycles. The lowest BCUT2D eigenvalue weighted by Gasteiger charge is -2.37. The molecule has 1 aliphatic rings. The summed E-state index contributed by atoms with van der Waals surface area (Å²) in [4.78, 5) is 14.5. The summed E-state index contributed by atoms with van der Waals surface area (Å²) < 4.78 is 28.3. The Balaban J connectivity index is 1.64. The average Bonchev–Trinajstić information content (AvgIpc) is 3.10. The van der Waals surface area contributed by atoms with Crippen molar-refractivity contribution >= 4 is 17.4 Å². The fourth-order valence-electron chi connectivity index (χ4n) is 3.94. The first-order valence-electron chi connectivity index (χ1n) is 9.25. The number of piperidine rings is 1. The predicted molar refractivity (Wildman–Crippen MR) is 102 cm³/mol. The second kappa shape index (κ2) is 7.67. The number of hydrogen-bond acceptors (Lipinski definition) is 5. The number of alkyl halides is 2. The van der Waals surface area contributed by atoms with Gasteiger partial charge >= 0.3 is 0 Å². The van der Waals surface area contributed by atoms with Gasteiger partial charge < -0.3 is 0 Å². The molecule has 0 spiro atoms. The van der Waals surface area contributed by atoms with Gasteiger partial charge in [-0.3, -0.25) is 4.90 Å². The zero-order chi connectivity index (χ0) is 19.8. The van der Waals surface area contributed by atoms with Crippen molar-refractivity contribution in [1.29, 1.82) is 0 Å². The van der Waals surface area contributed by atoms with Crippen LogP contribution < -0.4 is 0 Å². The van der Waals surface area contributed by atoms with Gasteiger partial charge in [-0.15, -0.1) is 0 Å². The Morgan fingerprint density at radius 2 is 2.07 bits per heavy atom. The Kier molecular flexibility index (Phi) is 5.25. The summed E-state index contributed by atoms with van der Waals surface area (Å²) in [5.74, 6) is 0.602. The van der Waals surface area contributed by atoms with Crippen LogP contribution in [0.4, 0.5) is 8.78 Å². The number of rotatable bonds is 4. The lowest BCUT2D eigenvalue weighted by atomic mass is 9.84. The molecule has 0 aromatic carbocycles. The van der Waals surface area contributed by atoms with Gasteiger partial charge in [0.05, 0.1) is 5.69 Å². The molecule has 3 aromatic heterocycles. The molecule has 0 amide bonds. The topological polar surface area (TPSA) is 59.2 Å². The Labute approximate surface area is 166 Å². The van der Waals surface area contributed by atoms with Crippen molar-refractivity contribution in [1.82, 2.24) is 29.5 Å². The van der Waals surface area contributed by atoms with Crippen LogP contribution in [0.2, 0.25) is 5.15 Å². The van der Waals surface area contributed by atoms with E-state index in [2.05, 4.69) is 31.9 Å². The Morgan fingerprint density at radius 3 is 2.82 bits per heavy atom. The maximum absolute atomic E-state index is 13.3. The number of likely N-dealkylation sites (tertiary alicyclic amines) is 1. The zero-order valence-electron chi connectivity index (χ0n) is 15.7. The van der Waals surface area contributed by atoms with Crippen LogP contribution in [0.15, 0.2) is 24.5 Å². The van der Waals surface area contributed by atoms with Crippen LogP contribution in [0.25, 0.3) is 5.78 Å². The minimum absolute atomic E-state index is 0.0526. The highest BCUT2D eigenvalue weighted by Crippen LogP contribution is 2.34. The molecule has 4 heterocycles. The molecular formula is C19H21ClF2N6. The molecule has 9 heteroatoms. The molecule has 0 radical (unpaired) electrons. The number of hydrogen-bond donors (Lipinski definition) is 0. The lowest BCUT2D eigenvalue weighted by Crippen LogP contribution is -2.38. The fraction of sp³-hybridized carbons (Fsp3) is 0.474. The van der Waals surface area contributed by atoms with E-state index in [4.69, 9.17) is 11.6 Å². The van der Waals surface area contributed by atoms with Crippen LogP contribution in [-0.4, -0.2) is 42.6 Å². The molecule has 0 N–H and O–H groups in total. The number of fused-ring (bicyclic) bond motifs is 1. The minimum atomic E-state index is -2.64. The van der Waals surface area contributed by atoms with Crippen LogP contribution in [0, 0.1) is 12.8 Å². The van der Waals surface area contributed by atoms with Crippen molar-refractivity contribution in [2.45, 2.75) is 39.2 Å². The SMILES string of the molecule is Cc1cc(CN2CC[C@@H](C)[C@H](c3cc(C(F)F)nc4ncnn34)C2)cc(Cl)n1. The van der Waals surface area contributed by atoms with Gasteiger partial charge in [-0.2, -0.15) is 10.1 Å². The van der Waals surface area contributed by atoms with E-state index in [0.29, 0.717) is 11.1 Å². The molecule has 4 rings (SSSR count). The largest absolute Gasteiger partial charge is 0.298 e. The number of pyridine rings is 1. The smallest absolute Gasteiger partial charge is 0.280 e. The second-order valence-electron chi connectivity index (χ2n) is 7.43. The van der Waals surface area contributed by atoms with Gasteiger partial charge in [0.15, 0.2) is 0 Å². The molecule has 28 heavy (non-hydrogen) atoms. The van der Waals surface area contributed by atoms with Gasteiger partial charge in [0, 0.05) is 24.7 Å². The molecule has 2 atom stereocenters. The normalized spacial score (nSPS) is 20.9. The highest BCUT2D eigenvalue weighted by molar-refractivity contribution is 6.29. The summed E-state index contributed by atoms with van der Waals surface area (Å²) >= 11 is 6.09. The summed E-state index contributed by atoms with van der Waals surface area (Å²) in [5, 5.41) is 4.70. The molecule has 6 nitrogen and oxygen atoms in total. The van der Waals surface area contributed by atoms with Gasteiger partial charge in [0.2, 0.25) is 0 Å². The van der Waals surface area contributed by atoms with Gasteiger partial charge in [-0.05, 0) is 49.6 Å². The Morgan fingerprint density at radius 1 is 1.25 bits per heavy atom. The van der Waals surface area contributed by atoms with E-state index in [-0.39, 0.29) is 17.4 Å². The summed E-state index contributed by atoms with van der Waals surface area (Å²) in [6.45, 7) is 6.48. The third kappa shape index (κ3) is 3.84. The third-order valence-electron chi connectivity index (χ3n) is 5.33. The third-order valence-corrected chi connectivity index (χ3v) is 5.53. The molecule has 1 aliphatic heterocycles. The summed E-state index contributed by atoms with van der Waals surface area (Å²) in [6.07, 6.45) is -0.323. The van der Waals surface area contributed by atoms with E-state index < -0.39 is 6.43 Å². The highest BCUT2D eigenvalue weighted by atomic mass is 35.5. The predicted octanol–water partition coefficient (Wildman–Crippen LogP) is 4.04. The molecule has 0 saturated carbocycles. The van der Waals surface area contributed by atoms with Crippen molar-refractivity contribution in [3.63, 3.8) is 0 Å². The van der Waals surface area contributed by atoms with Gasteiger partial charge in [0.1, 0.15) is 17.2 Å². The van der Waals surface area contributed by atoms with Crippen LogP contribution in [0.1, 0.15) is 48.3 Å². The maximum atomic E-state index is 13.3. The number of aryl methyl sites for hydroxylation is 1. The minimum Gasteiger partial charge on any atom is -0.298 e. The standard InChI is InChI=1S/C19H21ClF2N6/c1-11-3-4-27(8-13-5-12(2)25-17(20)6-13)9-14(11)16-7-15(18(21)22)26-19-23-10-24-28(16)19/h5-7,10-11,14,18H,3-4,8-9H2,1-2H3/t11-,14-/m1/s1. The monoisotopic (exact) mass is 406 g/mol. The summed E-state index contributed by atoms with van der Waals surface area (Å²) in [5.41, 5.74) is 2.46. The van der Waals surface area contributed by atoms with E-state index in [9.17, 15) is 8.78 Å². The van der Waals surface area contributed by atoms with Crippen molar-refractivity contribution in [3.05, 3.63) is 52.3 Å². The van der Waals surface area contributed by atoms with Crippen LogP contribution in [0.3, 0.4) is 0 Å². The zero-order valence-corrected chi connectivity index (χ0v) is 16.4. The first-order valence-corrected chi connectivity index (χ1v) is 9.62. The molecule has 1 fully saturated rings. The van der Waals surface area contributed by atoms with E-state index >= 15 is 0 Å². The van der Waals surface area contributed by atoms with E-state index in [1.54, 1.807) is 4.52 Å². The first kappa shape index (κ1) is 19.1. The van der Waals surface area contributed by atoms with Gasteiger partial charge in [-0.25, -0.2) is 23.3 Å². The van der Waals surface area contributed by atoms with Crippen molar-refractivity contribution in [2.75, 3.05) is 13.1 Å². The van der Waals surface area contributed by atoms with Crippen molar-refractivity contribution in [2.24, 2.45) is 5.92 Å². The second-order valence-corrected chi connectivity index (χ2v) is 7.81. The molecular weight excluding hydrogens is 386 g/mol. The molecule has 0 bridgehead atoms. The maximum Gasteiger partial charge on any atom is 0.280 e. The number of nitrogens with zero attached hydrogens (tertiary/aromatic N) is 6. The summed E-state index contributed by atoms with van der Waals surface area (Å²) in [6, 6.07) is 5.37. The van der Waals surface area contributed by atoms with E-state index in [1.807, 2.05) is 19.1 Å². The highest BCUT2D eigenvalue weighted by Gasteiger charge is 2.31. The van der Waals surface area contributed by atoms with Crippen molar-refractivity contribution < 1.29 is 8.78 Å². The van der Waals surface area contributed by atoms with E-state index in [0.717, 1.165) is 43.0 Å². The van der Waals surface area contributed by atoms with Crippen LogP contribution in [0.5, 0.6) is 0 Å². The molecule has 1 saturated heterocycles. The van der Waals surface area contributed by atoms with Crippen LogP contribution >= 0.6 is 11.6 Å².